The van der Waals surface area contributed by atoms with Crippen LogP contribution in [0.5, 0.6) is 0 Å². The summed E-state index contributed by atoms with van der Waals surface area (Å²) >= 11 is 0. The van der Waals surface area contributed by atoms with Crippen LogP contribution in [0, 0.1) is 0 Å². The molecular weight excluding hydrogens is 220 g/mol. The Bertz CT molecular complexity index is 391. The molecule has 1 fully saturated rings. The van der Waals surface area contributed by atoms with E-state index in [1.165, 1.54) is 0 Å². The minimum Gasteiger partial charge on any atom is -0.349 e. The minimum atomic E-state index is -0.289. The van der Waals surface area contributed by atoms with Crippen LogP contribution in [0.15, 0.2) is 4.52 Å². The highest BCUT2D eigenvalue weighted by atomic mass is 16.5. The van der Waals surface area contributed by atoms with Gasteiger partial charge in [-0.1, -0.05) is 11.6 Å². The van der Waals surface area contributed by atoms with Crippen molar-refractivity contribution in [1.29, 1.82) is 0 Å². The monoisotopic (exact) mass is 238 g/mol. The quantitative estimate of drug-likeness (QED) is 0.812. The van der Waals surface area contributed by atoms with Crippen LogP contribution < -0.4 is 11.1 Å². The summed E-state index contributed by atoms with van der Waals surface area (Å²) in [5.41, 5.74) is 5.91. The molecule has 2 rings (SSSR count). The summed E-state index contributed by atoms with van der Waals surface area (Å²) in [5, 5.41) is 6.33. The summed E-state index contributed by atoms with van der Waals surface area (Å²) in [6, 6.07) is 0.202. The van der Waals surface area contributed by atoms with Gasteiger partial charge in [0.2, 0.25) is 5.89 Å². The smallest absolute Gasteiger partial charge is 0.292 e. The van der Waals surface area contributed by atoms with Crippen LogP contribution in [-0.2, 0) is 0 Å². The van der Waals surface area contributed by atoms with Crippen molar-refractivity contribution in [2.24, 2.45) is 5.73 Å². The van der Waals surface area contributed by atoms with Gasteiger partial charge in [0.1, 0.15) is 0 Å². The van der Waals surface area contributed by atoms with Gasteiger partial charge in [-0.3, -0.25) is 4.79 Å². The summed E-state index contributed by atoms with van der Waals surface area (Å²) in [6.45, 7) is 2.40. The Morgan fingerprint density at radius 3 is 3.12 bits per heavy atom. The molecule has 94 valence electrons. The molecule has 1 aromatic rings. The summed E-state index contributed by atoms with van der Waals surface area (Å²) in [6.07, 6.45) is 3.99. The first-order chi connectivity index (χ1) is 8.20. The molecule has 0 aliphatic heterocycles. The molecule has 17 heavy (non-hydrogen) atoms. The molecule has 6 nitrogen and oxygen atoms in total. The molecule has 1 amide bonds. The highest BCUT2D eigenvalue weighted by molar-refractivity contribution is 5.90. The van der Waals surface area contributed by atoms with Gasteiger partial charge >= 0.3 is 0 Å². The molecule has 0 aromatic carbocycles. The van der Waals surface area contributed by atoms with Gasteiger partial charge in [0.15, 0.2) is 0 Å². The number of carbonyl (C=O) groups excluding carboxylic acids is 1. The van der Waals surface area contributed by atoms with Crippen LogP contribution in [-0.4, -0.2) is 28.6 Å². The van der Waals surface area contributed by atoms with E-state index < -0.39 is 0 Å². The topological polar surface area (TPSA) is 94.0 Å². The fourth-order valence-electron chi connectivity index (χ4n) is 2.18. The van der Waals surface area contributed by atoms with Gasteiger partial charge in [0, 0.05) is 18.5 Å². The third-order valence-corrected chi connectivity index (χ3v) is 3.05. The second-order valence-corrected chi connectivity index (χ2v) is 4.44. The zero-order valence-corrected chi connectivity index (χ0v) is 9.98. The van der Waals surface area contributed by atoms with Crippen molar-refractivity contribution < 1.29 is 9.32 Å². The lowest BCUT2D eigenvalue weighted by atomic mass is 9.86. The number of carbonyl (C=O) groups is 1. The average molecular weight is 238 g/mol. The summed E-state index contributed by atoms with van der Waals surface area (Å²) in [7, 11) is 0. The van der Waals surface area contributed by atoms with Crippen molar-refractivity contribution in [2.45, 2.75) is 44.6 Å². The molecule has 3 N–H and O–H groups in total. The zero-order chi connectivity index (χ0) is 12.3. The maximum absolute atomic E-state index is 11.5. The van der Waals surface area contributed by atoms with Crippen LogP contribution >= 0.6 is 0 Å². The molecule has 1 heterocycles. The fraction of sp³-hybridized carbons (Fsp3) is 0.727. The van der Waals surface area contributed by atoms with Crippen molar-refractivity contribution in [2.75, 3.05) is 6.54 Å². The molecular formula is C11H18N4O2. The Balaban J connectivity index is 2.04. The number of amides is 1. The maximum Gasteiger partial charge on any atom is 0.292 e. The maximum atomic E-state index is 11.5. The highest BCUT2D eigenvalue weighted by Crippen LogP contribution is 2.30. The molecule has 0 saturated heterocycles. The van der Waals surface area contributed by atoms with Crippen molar-refractivity contribution in [3.63, 3.8) is 0 Å². The molecule has 0 radical (unpaired) electrons. The normalized spacial score (nSPS) is 24.6. The van der Waals surface area contributed by atoms with Gasteiger partial charge in [0.05, 0.1) is 0 Å². The van der Waals surface area contributed by atoms with Gasteiger partial charge < -0.3 is 15.6 Å². The van der Waals surface area contributed by atoms with Gasteiger partial charge in [-0.25, -0.2) is 0 Å². The van der Waals surface area contributed by atoms with Crippen molar-refractivity contribution >= 4 is 5.91 Å². The molecule has 6 heteroatoms. The lowest BCUT2D eigenvalue weighted by Gasteiger charge is -2.23. The molecule has 1 aromatic heterocycles. The zero-order valence-electron chi connectivity index (χ0n) is 9.98. The Morgan fingerprint density at radius 2 is 2.41 bits per heavy atom. The van der Waals surface area contributed by atoms with Crippen LogP contribution in [0.3, 0.4) is 0 Å². The number of nitrogens with zero attached hydrogens (tertiary/aromatic N) is 2. The van der Waals surface area contributed by atoms with E-state index in [0.717, 1.165) is 25.7 Å². The van der Waals surface area contributed by atoms with Gasteiger partial charge in [-0.05, 0) is 26.2 Å². The predicted molar refractivity (Wildman–Crippen MR) is 61.5 cm³/mol. The van der Waals surface area contributed by atoms with Crippen molar-refractivity contribution in [3.8, 4) is 0 Å². The third-order valence-electron chi connectivity index (χ3n) is 3.05. The number of rotatable bonds is 3. The SMILES string of the molecule is CCNC(=O)c1noc(C2CCCC(N)C2)n1. The van der Waals surface area contributed by atoms with E-state index in [1.807, 2.05) is 6.92 Å². The molecule has 2 unspecified atom stereocenters. The standard InChI is InChI=1S/C11H18N4O2/c1-2-13-10(16)9-14-11(17-15-9)7-4-3-5-8(12)6-7/h7-8H,2-6,12H2,1H3,(H,13,16). The van der Waals surface area contributed by atoms with Crippen LogP contribution in [0.2, 0.25) is 0 Å². The van der Waals surface area contributed by atoms with Crippen LogP contribution in [0.1, 0.15) is 55.0 Å². The minimum absolute atomic E-state index is 0.112. The Labute approximate surface area is 99.9 Å². The van der Waals surface area contributed by atoms with E-state index in [9.17, 15) is 4.79 Å². The van der Waals surface area contributed by atoms with E-state index >= 15 is 0 Å². The molecule has 0 bridgehead atoms. The van der Waals surface area contributed by atoms with Crippen molar-refractivity contribution in [3.05, 3.63) is 11.7 Å². The lowest BCUT2D eigenvalue weighted by Crippen LogP contribution is -2.27. The first-order valence-electron chi connectivity index (χ1n) is 6.08. The van der Waals surface area contributed by atoms with Crippen LogP contribution in [0.4, 0.5) is 0 Å². The van der Waals surface area contributed by atoms with E-state index in [-0.39, 0.29) is 23.7 Å². The Morgan fingerprint density at radius 1 is 1.59 bits per heavy atom. The number of aromatic nitrogens is 2. The Kier molecular flexibility index (Phi) is 3.73. The lowest BCUT2D eigenvalue weighted by molar-refractivity contribution is 0.0942. The second kappa shape index (κ2) is 5.27. The van der Waals surface area contributed by atoms with Gasteiger partial charge in [-0.2, -0.15) is 4.98 Å². The highest BCUT2D eigenvalue weighted by Gasteiger charge is 2.26. The van der Waals surface area contributed by atoms with Crippen molar-refractivity contribution in [1.82, 2.24) is 15.5 Å². The molecule has 1 saturated carbocycles. The summed E-state index contributed by atoms with van der Waals surface area (Å²) in [4.78, 5) is 15.6. The fourth-order valence-corrected chi connectivity index (χ4v) is 2.18. The number of hydrogen-bond acceptors (Lipinski definition) is 5. The third kappa shape index (κ3) is 2.82. The number of hydrogen-bond donors (Lipinski definition) is 2. The van der Waals surface area contributed by atoms with E-state index in [1.54, 1.807) is 0 Å². The second-order valence-electron chi connectivity index (χ2n) is 4.44. The summed E-state index contributed by atoms with van der Waals surface area (Å²) < 4.78 is 5.14. The number of nitrogens with one attached hydrogen (secondary N) is 1. The number of nitrogens with two attached hydrogens (primary N) is 1. The largest absolute Gasteiger partial charge is 0.349 e. The predicted octanol–water partition coefficient (Wildman–Crippen LogP) is 0.804. The molecule has 2 atom stereocenters. The Hall–Kier alpha value is -1.43. The van der Waals surface area contributed by atoms with Gasteiger partial charge in [0.25, 0.3) is 11.7 Å². The first kappa shape index (κ1) is 12.0. The average Bonchev–Trinajstić information content (AvgIpc) is 2.78. The summed E-state index contributed by atoms with van der Waals surface area (Å²) in [5.74, 6) is 0.569. The molecule has 1 aliphatic carbocycles. The van der Waals surface area contributed by atoms with E-state index in [0.29, 0.717) is 12.4 Å². The molecule has 0 spiro atoms. The van der Waals surface area contributed by atoms with Gasteiger partial charge in [-0.15, -0.1) is 0 Å². The first-order valence-corrected chi connectivity index (χ1v) is 6.08. The van der Waals surface area contributed by atoms with E-state index in [4.69, 9.17) is 10.3 Å². The van der Waals surface area contributed by atoms with Crippen LogP contribution in [0.25, 0.3) is 0 Å². The molecule has 1 aliphatic rings. The van der Waals surface area contributed by atoms with E-state index in [2.05, 4.69) is 15.5 Å².